The number of carbonyl (C=O) groups is 1. The van der Waals surface area contributed by atoms with Crippen LogP contribution in [0.4, 0.5) is 32.0 Å². The first-order valence-electron chi connectivity index (χ1n) is 10.00. The number of rotatable bonds is 2. The van der Waals surface area contributed by atoms with Gasteiger partial charge in [-0.25, -0.2) is 0 Å². The summed E-state index contributed by atoms with van der Waals surface area (Å²) in [6, 6.07) is 7.52. The molecule has 1 N–H and O–H groups in total. The van der Waals surface area contributed by atoms with Gasteiger partial charge in [-0.2, -0.15) is 26.3 Å². The van der Waals surface area contributed by atoms with Gasteiger partial charge in [-0.3, -0.25) is 4.79 Å². The Morgan fingerprint density at radius 3 is 2.30 bits per heavy atom. The van der Waals surface area contributed by atoms with Crippen molar-refractivity contribution in [1.29, 1.82) is 0 Å². The second-order valence-corrected chi connectivity index (χ2v) is 8.03. The molecule has 1 amide bonds. The highest BCUT2D eigenvalue weighted by Gasteiger charge is 2.71. The predicted molar refractivity (Wildman–Crippen MR) is 104 cm³/mol. The molecule has 0 aromatic heterocycles. The van der Waals surface area contributed by atoms with Crippen molar-refractivity contribution in [3.05, 3.63) is 53.1 Å². The summed E-state index contributed by atoms with van der Waals surface area (Å²) in [7, 11) is 0. The summed E-state index contributed by atoms with van der Waals surface area (Å²) in [6.45, 7) is 1.50. The molecule has 2 aliphatic rings. The Hall–Kier alpha value is -2.95. The highest BCUT2D eigenvalue weighted by Crippen LogP contribution is 2.51. The van der Waals surface area contributed by atoms with Gasteiger partial charge in [0.25, 0.3) is 5.60 Å². The van der Waals surface area contributed by atoms with E-state index >= 15 is 0 Å². The van der Waals surface area contributed by atoms with Crippen molar-refractivity contribution >= 4 is 11.6 Å². The zero-order valence-electron chi connectivity index (χ0n) is 17.3. The van der Waals surface area contributed by atoms with E-state index in [1.54, 1.807) is 18.2 Å². The molecule has 2 aromatic rings. The Morgan fingerprint density at radius 1 is 1.00 bits per heavy atom. The number of aryl methyl sites for hydroxylation is 1. The Kier molecular flexibility index (Phi) is 5.50. The second kappa shape index (κ2) is 7.82. The number of hydrogen-bond acceptors (Lipinski definition) is 4. The molecular weight excluding hydrogens is 456 g/mol. The Balaban J connectivity index is 1.74. The third-order valence-corrected chi connectivity index (χ3v) is 6.02. The van der Waals surface area contributed by atoms with Crippen LogP contribution in [0, 0.1) is 0 Å². The van der Waals surface area contributed by atoms with Crippen LogP contribution in [0.25, 0.3) is 0 Å². The minimum absolute atomic E-state index is 0.0680. The summed E-state index contributed by atoms with van der Waals surface area (Å²) in [4.78, 5) is 13.7. The highest BCUT2D eigenvalue weighted by atomic mass is 19.4. The molecule has 4 rings (SSSR count). The van der Waals surface area contributed by atoms with E-state index < -0.39 is 29.4 Å². The molecule has 2 heterocycles. The van der Waals surface area contributed by atoms with Gasteiger partial charge in [0.2, 0.25) is 12.7 Å². The van der Waals surface area contributed by atoms with Crippen LogP contribution >= 0.6 is 0 Å². The zero-order chi connectivity index (χ0) is 24.2. The minimum atomic E-state index is -5.99. The van der Waals surface area contributed by atoms with Crippen LogP contribution in [-0.4, -0.2) is 36.7 Å². The number of aliphatic hydroxyl groups is 1. The number of carbonyl (C=O) groups excluding carboxylic acids is 1. The fourth-order valence-corrected chi connectivity index (χ4v) is 4.24. The molecule has 0 spiro atoms. The number of halogens is 6. The van der Waals surface area contributed by atoms with Crippen molar-refractivity contribution in [3.8, 4) is 11.5 Å². The number of anilines is 1. The van der Waals surface area contributed by atoms with Crippen molar-refractivity contribution in [1.82, 2.24) is 0 Å². The molecule has 0 bridgehead atoms. The van der Waals surface area contributed by atoms with E-state index in [9.17, 15) is 36.2 Å². The van der Waals surface area contributed by atoms with E-state index in [-0.39, 0.29) is 36.9 Å². The monoisotopic (exact) mass is 475 g/mol. The molecule has 2 aliphatic heterocycles. The first-order chi connectivity index (χ1) is 15.3. The average Bonchev–Trinajstić information content (AvgIpc) is 3.10. The Bertz CT molecular complexity index is 1070. The molecule has 11 heteroatoms. The van der Waals surface area contributed by atoms with Gasteiger partial charge in [0.05, 0.1) is 0 Å². The molecule has 0 fully saturated rings. The summed E-state index contributed by atoms with van der Waals surface area (Å²) in [5.74, 6) is 0.399. The molecule has 2 aromatic carbocycles. The molecule has 178 valence electrons. The largest absolute Gasteiger partial charge is 0.454 e. The van der Waals surface area contributed by atoms with Crippen molar-refractivity contribution in [3.63, 3.8) is 0 Å². The maximum Gasteiger partial charge on any atom is 0.430 e. The van der Waals surface area contributed by atoms with E-state index in [4.69, 9.17) is 9.47 Å². The van der Waals surface area contributed by atoms with Gasteiger partial charge < -0.3 is 19.5 Å². The standard InChI is InChI=1S/C22H19F6NO4/c1-12(30)29-10-15(13-4-7-18-19(9-13)33-11-32-18)3-2-14-8-16(5-6-17(14)29)20(31,21(23,24)25)22(26,27)28/h4-9,15,31H,2-3,10-11H2,1H3. The third kappa shape index (κ3) is 3.88. The maximum absolute atomic E-state index is 13.3. The lowest BCUT2D eigenvalue weighted by Crippen LogP contribution is -2.54. The van der Waals surface area contributed by atoms with Crippen LogP contribution in [0.15, 0.2) is 36.4 Å². The molecule has 0 saturated heterocycles. The van der Waals surface area contributed by atoms with Crippen molar-refractivity contribution in [2.75, 3.05) is 18.2 Å². The number of benzene rings is 2. The number of ether oxygens (including phenoxy) is 2. The Morgan fingerprint density at radius 2 is 1.67 bits per heavy atom. The van der Waals surface area contributed by atoms with Gasteiger partial charge in [0.1, 0.15) is 0 Å². The number of hydrogen-bond donors (Lipinski definition) is 1. The highest BCUT2D eigenvalue weighted by molar-refractivity contribution is 5.92. The fraction of sp³-hybridized carbons (Fsp3) is 0.409. The van der Waals surface area contributed by atoms with Crippen LogP contribution in [0.5, 0.6) is 11.5 Å². The van der Waals surface area contributed by atoms with E-state index in [0.717, 1.165) is 11.6 Å². The van der Waals surface area contributed by atoms with Gasteiger partial charge in [-0.05, 0) is 42.2 Å². The molecular formula is C22H19F6NO4. The molecule has 0 radical (unpaired) electrons. The SMILES string of the molecule is CC(=O)N1CC(c2ccc3c(c2)OCO3)CCc2cc(C(O)(C(F)(F)F)C(F)(F)F)ccc21. The first kappa shape index (κ1) is 23.2. The number of amides is 1. The van der Waals surface area contributed by atoms with Crippen LogP contribution in [0.2, 0.25) is 0 Å². The zero-order valence-corrected chi connectivity index (χ0v) is 17.3. The summed E-state index contributed by atoms with van der Waals surface area (Å²) in [5, 5.41) is 9.77. The summed E-state index contributed by atoms with van der Waals surface area (Å²) in [5.41, 5.74) is -5.26. The lowest BCUT2D eigenvalue weighted by Gasteiger charge is -2.33. The predicted octanol–water partition coefficient (Wildman–Crippen LogP) is 4.81. The van der Waals surface area contributed by atoms with Crippen molar-refractivity contribution < 1.29 is 45.7 Å². The van der Waals surface area contributed by atoms with E-state index in [0.29, 0.717) is 30.1 Å². The van der Waals surface area contributed by atoms with Gasteiger partial charge in [-0.15, -0.1) is 0 Å². The van der Waals surface area contributed by atoms with Gasteiger partial charge in [0, 0.05) is 30.6 Å². The molecule has 0 aliphatic carbocycles. The van der Waals surface area contributed by atoms with Crippen molar-refractivity contribution in [2.45, 2.75) is 43.6 Å². The molecule has 5 nitrogen and oxygen atoms in total. The lowest BCUT2D eigenvalue weighted by atomic mass is 9.88. The average molecular weight is 475 g/mol. The van der Waals surface area contributed by atoms with Crippen LogP contribution in [-0.2, 0) is 16.8 Å². The first-order valence-corrected chi connectivity index (χ1v) is 10.00. The van der Waals surface area contributed by atoms with Crippen LogP contribution < -0.4 is 14.4 Å². The van der Waals surface area contributed by atoms with Gasteiger partial charge in [-0.1, -0.05) is 18.2 Å². The van der Waals surface area contributed by atoms with Crippen LogP contribution in [0.1, 0.15) is 36.0 Å². The summed E-state index contributed by atoms with van der Waals surface area (Å²) in [6.07, 6.45) is -11.5. The van der Waals surface area contributed by atoms with E-state index in [2.05, 4.69) is 0 Å². The van der Waals surface area contributed by atoms with Gasteiger partial charge in [0.15, 0.2) is 11.5 Å². The summed E-state index contributed by atoms with van der Waals surface area (Å²) < 4.78 is 90.7. The van der Waals surface area contributed by atoms with Crippen molar-refractivity contribution in [2.24, 2.45) is 0 Å². The second-order valence-electron chi connectivity index (χ2n) is 8.03. The molecule has 0 saturated carbocycles. The minimum Gasteiger partial charge on any atom is -0.454 e. The number of nitrogens with zero attached hydrogens (tertiary/aromatic N) is 1. The van der Waals surface area contributed by atoms with E-state index in [1.807, 2.05) is 0 Å². The normalized spacial score (nSPS) is 18.7. The fourth-order valence-electron chi connectivity index (χ4n) is 4.24. The molecule has 33 heavy (non-hydrogen) atoms. The molecule has 1 unspecified atom stereocenters. The number of fused-ring (bicyclic) bond motifs is 2. The molecule has 1 atom stereocenters. The number of alkyl halides is 6. The Labute approximate surface area is 184 Å². The third-order valence-electron chi connectivity index (χ3n) is 6.02. The lowest BCUT2D eigenvalue weighted by molar-refractivity contribution is -0.376. The van der Waals surface area contributed by atoms with E-state index in [1.165, 1.54) is 11.8 Å². The quantitative estimate of drug-likeness (QED) is 0.634. The smallest absolute Gasteiger partial charge is 0.430 e. The van der Waals surface area contributed by atoms with Crippen LogP contribution in [0.3, 0.4) is 0 Å². The maximum atomic E-state index is 13.3. The summed E-state index contributed by atoms with van der Waals surface area (Å²) >= 11 is 0. The van der Waals surface area contributed by atoms with Gasteiger partial charge >= 0.3 is 12.4 Å². The topological polar surface area (TPSA) is 59.0 Å².